The Balaban J connectivity index is 1.91. The number of carbonyl (C=O) groups excluding carboxylic acids is 1. The molecular weight excluding hydrogens is 523 g/mol. The van der Waals surface area contributed by atoms with E-state index in [4.69, 9.17) is 4.74 Å². The van der Waals surface area contributed by atoms with Crippen LogP contribution in [0.1, 0.15) is 32.7 Å². The van der Waals surface area contributed by atoms with Crippen molar-refractivity contribution in [3.8, 4) is 5.75 Å². The number of nitrogens with zero attached hydrogens (tertiary/aromatic N) is 4. The second kappa shape index (κ2) is 12.9. The maximum absolute atomic E-state index is 13.6. The summed E-state index contributed by atoms with van der Waals surface area (Å²) in [5.41, 5.74) is 6.67. The fraction of sp³-hybridized carbons (Fsp3) is 0.357. The lowest BCUT2D eigenvalue weighted by Crippen LogP contribution is -2.32. The number of ether oxygens (including phenoxy) is 1. The van der Waals surface area contributed by atoms with Gasteiger partial charge in [0.2, 0.25) is 0 Å². The van der Waals surface area contributed by atoms with Gasteiger partial charge in [0.05, 0.1) is 23.1 Å². The van der Waals surface area contributed by atoms with Crippen molar-refractivity contribution in [1.29, 1.82) is 0 Å². The van der Waals surface area contributed by atoms with Crippen LogP contribution in [0.2, 0.25) is 0 Å². The molecule has 3 rings (SSSR count). The number of alkyl halides is 3. The lowest BCUT2D eigenvalue weighted by atomic mass is 10.1. The van der Waals surface area contributed by atoms with Crippen molar-refractivity contribution in [1.82, 2.24) is 25.4 Å². The number of hydrogen-bond acceptors (Lipinski definition) is 7. The molecule has 0 saturated heterocycles. The molecule has 0 fully saturated rings. The Morgan fingerprint density at radius 2 is 1.85 bits per heavy atom. The molecule has 40 heavy (non-hydrogen) atoms. The summed E-state index contributed by atoms with van der Waals surface area (Å²) in [7, 11) is 9.07. The SMILES string of the molecule is CN/C(=C\N(NC)c1cc(C(=O)Nc2cc(OCCN(C)C)cc(C(F)(F)F)c2)ccc1C)c1cnn(C)c1C. The molecule has 0 saturated carbocycles. The number of aromatic nitrogens is 2. The molecule has 0 aliphatic heterocycles. The first-order chi connectivity index (χ1) is 18.8. The summed E-state index contributed by atoms with van der Waals surface area (Å²) in [6.45, 7) is 4.58. The standard InChI is InChI=1S/C28H36F3N7O2/c1-18-8-9-20(12-26(18)38(33-4)17-25(32-3)24-16-34-37(7)19(24)2)27(39)35-22-13-21(28(29,30)31)14-23(15-22)40-11-10-36(5)6/h8-9,12-17,32-33H,10-11H2,1-7H3,(H,35,39)/b25-17-. The van der Waals surface area contributed by atoms with Gasteiger partial charge in [-0.3, -0.25) is 14.5 Å². The van der Waals surface area contributed by atoms with Crippen LogP contribution in [-0.2, 0) is 13.2 Å². The van der Waals surface area contributed by atoms with Crippen LogP contribution in [0, 0.1) is 13.8 Å². The Hall–Kier alpha value is -4.03. The van der Waals surface area contributed by atoms with Gasteiger partial charge in [-0.1, -0.05) is 6.07 Å². The van der Waals surface area contributed by atoms with Gasteiger partial charge >= 0.3 is 6.18 Å². The molecule has 1 aromatic heterocycles. The van der Waals surface area contributed by atoms with Gasteiger partial charge in [-0.25, -0.2) is 5.43 Å². The van der Waals surface area contributed by atoms with Gasteiger partial charge in [-0.15, -0.1) is 0 Å². The van der Waals surface area contributed by atoms with Crippen LogP contribution in [0.4, 0.5) is 24.5 Å². The van der Waals surface area contributed by atoms with E-state index in [-0.39, 0.29) is 23.6 Å². The Bertz CT molecular complexity index is 1370. The largest absolute Gasteiger partial charge is 0.492 e. The van der Waals surface area contributed by atoms with Crippen LogP contribution in [0.5, 0.6) is 5.75 Å². The lowest BCUT2D eigenvalue weighted by Gasteiger charge is -2.23. The Morgan fingerprint density at radius 1 is 1.12 bits per heavy atom. The summed E-state index contributed by atoms with van der Waals surface area (Å²) >= 11 is 0. The number of rotatable bonds is 11. The van der Waals surface area contributed by atoms with Gasteiger partial charge in [0.1, 0.15) is 12.4 Å². The smallest absolute Gasteiger partial charge is 0.416 e. The maximum Gasteiger partial charge on any atom is 0.416 e. The van der Waals surface area contributed by atoms with Crippen molar-refractivity contribution in [3.05, 3.63) is 76.7 Å². The molecule has 216 valence electrons. The quantitative estimate of drug-likeness (QED) is 0.300. The average Bonchev–Trinajstić information content (AvgIpc) is 3.22. The Labute approximate surface area is 232 Å². The first kappa shape index (κ1) is 30.5. The fourth-order valence-corrected chi connectivity index (χ4v) is 3.89. The predicted molar refractivity (Wildman–Crippen MR) is 151 cm³/mol. The number of hydrogen-bond donors (Lipinski definition) is 3. The molecule has 12 heteroatoms. The van der Waals surface area contributed by atoms with Crippen LogP contribution >= 0.6 is 0 Å². The zero-order chi connectivity index (χ0) is 29.6. The molecule has 0 radical (unpaired) electrons. The van der Waals surface area contributed by atoms with Crippen LogP contribution in [0.3, 0.4) is 0 Å². The molecule has 0 unspecified atom stereocenters. The molecule has 0 aliphatic carbocycles. The number of hydrazine groups is 1. The molecule has 1 amide bonds. The number of amides is 1. The number of anilines is 2. The molecule has 9 nitrogen and oxygen atoms in total. The van der Waals surface area contributed by atoms with E-state index in [1.807, 2.05) is 46.1 Å². The number of benzene rings is 2. The van der Waals surface area contributed by atoms with Crippen molar-refractivity contribution >= 4 is 23.0 Å². The average molecular weight is 560 g/mol. The molecule has 2 aromatic carbocycles. The lowest BCUT2D eigenvalue weighted by molar-refractivity contribution is -0.137. The van der Waals surface area contributed by atoms with Gasteiger partial charge in [0.25, 0.3) is 5.91 Å². The number of carbonyl (C=O) groups is 1. The third kappa shape index (κ3) is 7.54. The third-order valence-corrected chi connectivity index (χ3v) is 6.32. The molecule has 0 aliphatic rings. The summed E-state index contributed by atoms with van der Waals surface area (Å²) in [6.07, 6.45) is -0.997. The monoisotopic (exact) mass is 559 g/mol. The van der Waals surface area contributed by atoms with E-state index >= 15 is 0 Å². The maximum atomic E-state index is 13.6. The van der Waals surface area contributed by atoms with Crippen molar-refractivity contribution in [3.63, 3.8) is 0 Å². The highest BCUT2D eigenvalue weighted by atomic mass is 19.4. The molecule has 0 spiro atoms. The van der Waals surface area contributed by atoms with E-state index in [0.29, 0.717) is 12.2 Å². The van der Waals surface area contributed by atoms with Crippen molar-refractivity contribution < 1.29 is 22.7 Å². The Morgan fingerprint density at radius 3 is 2.42 bits per heavy atom. The summed E-state index contributed by atoms with van der Waals surface area (Å²) in [5, 5.41) is 11.8. The first-order valence-electron chi connectivity index (χ1n) is 12.6. The number of halogens is 3. The molecule has 3 N–H and O–H groups in total. The number of nitrogens with one attached hydrogen (secondary N) is 3. The van der Waals surface area contributed by atoms with Crippen LogP contribution in [0.25, 0.3) is 5.70 Å². The van der Waals surface area contributed by atoms with Crippen molar-refractivity contribution in [2.45, 2.75) is 20.0 Å². The van der Waals surface area contributed by atoms with Crippen LogP contribution < -0.4 is 25.8 Å². The summed E-state index contributed by atoms with van der Waals surface area (Å²) < 4.78 is 48.0. The number of likely N-dealkylation sites (N-methyl/N-ethyl adjacent to an activating group) is 1. The van der Waals surface area contributed by atoms with E-state index < -0.39 is 17.6 Å². The summed E-state index contributed by atoms with van der Waals surface area (Å²) in [4.78, 5) is 15.0. The van der Waals surface area contributed by atoms with E-state index in [2.05, 4.69) is 21.2 Å². The summed E-state index contributed by atoms with van der Waals surface area (Å²) in [6, 6.07) is 8.27. The van der Waals surface area contributed by atoms with Crippen molar-refractivity contribution in [2.75, 3.05) is 51.7 Å². The zero-order valence-electron chi connectivity index (χ0n) is 23.8. The normalized spacial score (nSPS) is 12.0. The molecule has 0 atom stereocenters. The summed E-state index contributed by atoms with van der Waals surface area (Å²) in [5.74, 6) is -0.537. The van der Waals surface area contributed by atoms with Gasteiger partial charge in [-0.2, -0.15) is 18.3 Å². The van der Waals surface area contributed by atoms with E-state index in [1.54, 1.807) is 48.2 Å². The minimum absolute atomic E-state index is 0.0170. The van der Waals surface area contributed by atoms with E-state index in [0.717, 1.165) is 34.7 Å². The van der Waals surface area contributed by atoms with E-state index in [9.17, 15) is 18.0 Å². The minimum atomic E-state index is -4.60. The highest BCUT2D eigenvalue weighted by Crippen LogP contribution is 2.34. The van der Waals surface area contributed by atoms with Gasteiger partial charge in [-0.05, 0) is 57.8 Å². The predicted octanol–water partition coefficient (Wildman–Crippen LogP) is 4.41. The Kier molecular flexibility index (Phi) is 9.83. The highest BCUT2D eigenvalue weighted by Gasteiger charge is 2.31. The minimum Gasteiger partial charge on any atom is -0.492 e. The molecule has 1 heterocycles. The van der Waals surface area contributed by atoms with E-state index in [1.165, 1.54) is 6.07 Å². The van der Waals surface area contributed by atoms with Gasteiger partial charge in [0, 0.05) is 62.5 Å². The second-order valence-corrected chi connectivity index (χ2v) is 9.50. The zero-order valence-corrected chi connectivity index (χ0v) is 23.8. The highest BCUT2D eigenvalue weighted by molar-refractivity contribution is 6.05. The fourth-order valence-electron chi connectivity index (χ4n) is 3.89. The van der Waals surface area contributed by atoms with Gasteiger partial charge < -0.3 is 20.3 Å². The molecule has 0 bridgehead atoms. The molecule has 3 aromatic rings. The molecular formula is C28H36F3N7O2. The van der Waals surface area contributed by atoms with Gasteiger partial charge in [0.15, 0.2) is 0 Å². The van der Waals surface area contributed by atoms with Crippen LogP contribution in [-0.4, -0.2) is 61.9 Å². The first-order valence-corrected chi connectivity index (χ1v) is 12.6. The topological polar surface area (TPSA) is 86.7 Å². The second-order valence-electron chi connectivity index (χ2n) is 9.50. The number of aryl methyl sites for hydroxylation is 2. The van der Waals surface area contributed by atoms with Crippen LogP contribution in [0.15, 0.2) is 48.8 Å². The van der Waals surface area contributed by atoms with Crippen molar-refractivity contribution in [2.24, 2.45) is 7.05 Å². The third-order valence-electron chi connectivity index (χ3n) is 6.32.